The Bertz CT molecular complexity index is 500. The summed E-state index contributed by atoms with van der Waals surface area (Å²) in [5.74, 6) is 0.863. The van der Waals surface area contributed by atoms with Crippen LogP contribution in [0.5, 0.6) is 0 Å². The fourth-order valence-corrected chi connectivity index (χ4v) is 2.14. The Hall–Kier alpha value is -1.76. The summed E-state index contributed by atoms with van der Waals surface area (Å²) < 4.78 is 1.69. The molecule has 0 atom stereocenters. The van der Waals surface area contributed by atoms with Crippen LogP contribution >= 0.6 is 0 Å². The molecular weight excluding hydrogens is 218 g/mol. The van der Waals surface area contributed by atoms with Crippen molar-refractivity contribution in [3.8, 4) is 0 Å². The Labute approximate surface area is 98.8 Å². The molecule has 2 aromatic rings. The predicted octanol–water partition coefficient (Wildman–Crippen LogP) is 0.0254. The zero-order valence-electron chi connectivity index (χ0n) is 9.74. The van der Waals surface area contributed by atoms with Crippen molar-refractivity contribution < 1.29 is 0 Å². The maximum atomic E-state index is 4.13. The fourth-order valence-electron chi connectivity index (χ4n) is 2.14. The van der Waals surface area contributed by atoms with E-state index in [4.69, 9.17) is 0 Å². The Kier molecular flexibility index (Phi) is 2.60. The number of anilines is 1. The average Bonchev–Trinajstić information content (AvgIpc) is 2.81. The molecule has 17 heavy (non-hydrogen) atoms. The van der Waals surface area contributed by atoms with Crippen LogP contribution in [0, 0.1) is 0 Å². The van der Waals surface area contributed by atoms with Gasteiger partial charge in [-0.15, -0.1) is 5.10 Å². The van der Waals surface area contributed by atoms with Gasteiger partial charge in [0.05, 0.1) is 12.4 Å². The van der Waals surface area contributed by atoms with E-state index >= 15 is 0 Å². The molecule has 0 aromatic carbocycles. The van der Waals surface area contributed by atoms with Gasteiger partial charge in [0.1, 0.15) is 0 Å². The maximum absolute atomic E-state index is 4.13. The van der Waals surface area contributed by atoms with E-state index in [0.29, 0.717) is 11.7 Å². The third-order valence-electron chi connectivity index (χ3n) is 3.18. The van der Waals surface area contributed by atoms with Crippen LogP contribution in [0.2, 0.25) is 0 Å². The molecule has 0 unspecified atom stereocenters. The Morgan fingerprint density at radius 2 is 2.12 bits per heavy atom. The number of hydrogen-bond acceptors (Lipinski definition) is 6. The van der Waals surface area contributed by atoms with E-state index in [2.05, 4.69) is 37.8 Å². The van der Waals surface area contributed by atoms with Crippen molar-refractivity contribution in [2.24, 2.45) is 0 Å². The lowest BCUT2D eigenvalue weighted by Gasteiger charge is -2.29. The molecule has 7 heteroatoms. The number of rotatable bonds is 2. The van der Waals surface area contributed by atoms with Crippen molar-refractivity contribution in [3.05, 3.63) is 12.4 Å². The normalized spacial score (nSPS) is 18.6. The first-order chi connectivity index (χ1) is 8.33. The van der Waals surface area contributed by atoms with E-state index in [1.54, 1.807) is 16.9 Å². The van der Waals surface area contributed by atoms with Crippen LogP contribution in [-0.2, 0) is 0 Å². The van der Waals surface area contributed by atoms with Crippen LogP contribution in [0.25, 0.3) is 5.65 Å². The molecule has 1 aliphatic rings. The first-order valence-electron chi connectivity index (χ1n) is 5.80. The molecule has 0 saturated carbocycles. The SMILES string of the molecule is CN1CCC(Nc2cncc3nnnn23)CC1. The molecule has 0 bridgehead atoms. The Morgan fingerprint density at radius 1 is 1.29 bits per heavy atom. The van der Waals surface area contributed by atoms with E-state index < -0.39 is 0 Å². The number of piperidine rings is 1. The van der Waals surface area contributed by atoms with Gasteiger partial charge in [-0.2, -0.15) is 4.52 Å². The second kappa shape index (κ2) is 4.25. The zero-order valence-corrected chi connectivity index (χ0v) is 9.74. The third kappa shape index (κ3) is 2.05. The van der Waals surface area contributed by atoms with Gasteiger partial charge in [0.2, 0.25) is 0 Å². The Morgan fingerprint density at radius 3 is 2.94 bits per heavy atom. The monoisotopic (exact) mass is 233 g/mol. The molecule has 0 spiro atoms. The lowest BCUT2D eigenvalue weighted by Crippen LogP contribution is -2.37. The van der Waals surface area contributed by atoms with Gasteiger partial charge in [-0.25, -0.2) is 0 Å². The first kappa shape index (κ1) is 10.4. The lowest BCUT2D eigenvalue weighted by atomic mass is 10.1. The van der Waals surface area contributed by atoms with E-state index in [1.807, 2.05) is 0 Å². The van der Waals surface area contributed by atoms with Gasteiger partial charge in [-0.05, 0) is 43.4 Å². The van der Waals surface area contributed by atoms with Crippen LogP contribution in [0.3, 0.4) is 0 Å². The summed E-state index contributed by atoms with van der Waals surface area (Å²) in [5.41, 5.74) is 0.669. The van der Waals surface area contributed by atoms with Gasteiger partial charge in [-0.3, -0.25) is 4.98 Å². The molecule has 3 heterocycles. The van der Waals surface area contributed by atoms with Crippen LogP contribution in [0.15, 0.2) is 12.4 Å². The highest BCUT2D eigenvalue weighted by Gasteiger charge is 2.17. The van der Waals surface area contributed by atoms with Gasteiger partial charge in [0.25, 0.3) is 0 Å². The number of nitrogens with zero attached hydrogens (tertiary/aromatic N) is 6. The molecule has 1 N–H and O–H groups in total. The van der Waals surface area contributed by atoms with Gasteiger partial charge in [0.15, 0.2) is 11.5 Å². The summed E-state index contributed by atoms with van der Waals surface area (Å²) in [5, 5.41) is 14.9. The third-order valence-corrected chi connectivity index (χ3v) is 3.18. The average molecular weight is 233 g/mol. The number of fused-ring (bicyclic) bond motifs is 1. The summed E-state index contributed by atoms with van der Waals surface area (Å²) in [6.07, 6.45) is 5.69. The van der Waals surface area contributed by atoms with Crippen LogP contribution in [0.1, 0.15) is 12.8 Å². The van der Waals surface area contributed by atoms with Gasteiger partial charge >= 0.3 is 0 Å². The zero-order chi connectivity index (χ0) is 11.7. The van der Waals surface area contributed by atoms with Gasteiger partial charge < -0.3 is 10.2 Å². The minimum Gasteiger partial charge on any atom is -0.366 e. The number of tetrazole rings is 1. The molecule has 3 rings (SSSR count). The highest BCUT2D eigenvalue weighted by molar-refractivity contribution is 5.44. The predicted molar refractivity (Wildman–Crippen MR) is 62.7 cm³/mol. The van der Waals surface area contributed by atoms with Gasteiger partial charge in [-0.1, -0.05) is 0 Å². The van der Waals surface area contributed by atoms with E-state index in [-0.39, 0.29) is 0 Å². The molecule has 2 aromatic heterocycles. The summed E-state index contributed by atoms with van der Waals surface area (Å²) in [4.78, 5) is 6.47. The summed E-state index contributed by atoms with van der Waals surface area (Å²) in [7, 11) is 2.15. The van der Waals surface area contributed by atoms with Crippen molar-refractivity contribution in [2.45, 2.75) is 18.9 Å². The molecule has 0 radical (unpaired) electrons. The quantitative estimate of drug-likeness (QED) is 0.788. The lowest BCUT2D eigenvalue weighted by molar-refractivity contribution is 0.263. The summed E-state index contributed by atoms with van der Waals surface area (Å²) in [6.45, 7) is 2.24. The highest BCUT2D eigenvalue weighted by atomic mass is 15.5. The fraction of sp³-hybridized carbons (Fsp3) is 0.600. The van der Waals surface area contributed by atoms with E-state index in [1.165, 1.54) is 0 Å². The standard InChI is InChI=1S/C10H15N7/c1-16-4-2-8(3-5-16)12-9-6-11-7-10-13-14-15-17(9)10/h6-8,12H,2-5H2,1H3. The van der Waals surface area contributed by atoms with Crippen LogP contribution < -0.4 is 5.32 Å². The number of hydrogen-bond donors (Lipinski definition) is 1. The highest BCUT2D eigenvalue weighted by Crippen LogP contribution is 2.14. The van der Waals surface area contributed by atoms with Gasteiger partial charge in [0, 0.05) is 6.04 Å². The largest absolute Gasteiger partial charge is 0.366 e. The van der Waals surface area contributed by atoms with Crippen molar-refractivity contribution in [3.63, 3.8) is 0 Å². The molecule has 1 aliphatic heterocycles. The maximum Gasteiger partial charge on any atom is 0.199 e. The summed E-state index contributed by atoms with van der Waals surface area (Å²) in [6, 6.07) is 0.475. The van der Waals surface area contributed by atoms with Crippen molar-refractivity contribution >= 4 is 11.5 Å². The van der Waals surface area contributed by atoms with E-state index in [9.17, 15) is 0 Å². The molecule has 1 saturated heterocycles. The summed E-state index contributed by atoms with van der Waals surface area (Å²) >= 11 is 0. The molecule has 90 valence electrons. The molecular formula is C10H15N7. The Balaban J connectivity index is 1.78. The minimum absolute atomic E-state index is 0.475. The second-order valence-corrected chi connectivity index (χ2v) is 4.46. The van der Waals surface area contributed by atoms with Crippen LogP contribution in [0.4, 0.5) is 5.82 Å². The topological polar surface area (TPSA) is 71.2 Å². The number of likely N-dealkylation sites (tertiary alicyclic amines) is 1. The second-order valence-electron chi connectivity index (χ2n) is 4.46. The molecule has 7 nitrogen and oxygen atoms in total. The molecule has 0 aliphatic carbocycles. The molecule has 1 fully saturated rings. The van der Waals surface area contributed by atoms with Crippen LogP contribution in [-0.4, -0.2) is 56.1 Å². The van der Waals surface area contributed by atoms with Crippen molar-refractivity contribution in [2.75, 3.05) is 25.5 Å². The first-order valence-corrected chi connectivity index (χ1v) is 5.80. The van der Waals surface area contributed by atoms with E-state index in [0.717, 1.165) is 31.7 Å². The van der Waals surface area contributed by atoms with Crippen molar-refractivity contribution in [1.82, 2.24) is 29.9 Å². The minimum atomic E-state index is 0.475. The van der Waals surface area contributed by atoms with Crippen molar-refractivity contribution in [1.29, 1.82) is 0 Å². The number of nitrogens with one attached hydrogen (secondary N) is 1. The molecule has 0 amide bonds. The smallest absolute Gasteiger partial charge is 0.199 e. The number of aromatic nitrogens is 5.